The number of carbonyl (C=O) groups excluding carboxylic acids is 1. The van der Waals surface area contributed by atoms with Crippen LogP contribution in [0.3, 0.4) is 0 Å². The Bertz CT molecular complexity index is 909. The second-order valence-corrected chi connectivity index (χ2v) is 9.19. The first-order chi connectivity index (χ1) is 14.5. The summed E-state index contributed by atoms with van der Waals surface area (Å²) in [7, 11) is -3.32. The molecule has 1 fully saturated rings. The summed E-state index contributed by atoms with van der Waals surface area (Å²) in [4.78, 5) is 14.4. The molecule has 0 bridgehead atoms. The molecule has 0 saturated carbocycles. The molecule has 1 N–H and O–H groups in total. The SMILES string of the molecule is CCOc1ccc(C(=O)NCCCS(=O)(=O)N2CCN(c3ccccc3)CC2)cc1. The van der Waals surface area contributed by atoms with Gasteiger partial charge in [-0.3, -0.25) is 4.79 Å². The first kappa shape index (κ1) is 22.1. The van der Waals surface area contributed by atoms with Crippen molar-refractivity contribution in [2.45, 2.75) is 13.3 Å². The number of nitrogens with zero attached hydrogens (tertiary/aromatic N) is 2. The average Bonchev–Trinajstić information content (AvgIpc) is 2.78. The molecule has 162 valence electrons. The third-order valence-electron chi connectivity index (χ3n) is 5.05. The molecule has 0 unspecified atom stereocenters. The molecule has 7 nitrogen and oxygen atoms in total. The summed E-state index contributed by atoms with van der Waals surface area (Å²) in [6.45, 7) is 5.11. The van der Waals surface area contributed by atoms with E-state index in [9.17, 15) is 13.2 Å². The van der Waals surface area contributed by atoms with E-state index in [2.05, 4.69) is 10.2 Å². The summed E-state index contributed by atoms with van der Waals surface area (Å²) < 4.78 is 32.2. The third kappa shape index (κ3) is 5.96. The van der Waals surface area contributed by atoms with Crippen LogP contribution in [-0.4, -0.2) is 63.7 Å². The summed E-state index contributed by atoms with van der Waals surface area (Å²) >= 11 is 0. The van der Waals surface area contributed by atoms with Gasteiger partial charge in [-0.05, 0) is 49.7 Å². The summed E-state index contributed by atoms with van der Waals surface area (Å²) in [5.74, 6) is 0.529. The lowest BCUT2D eigenvalue weighted by Gasteiger charge is -2.35. The van der Waals surface area contributed by atoms with Gasteiger partial charge in [-0.1, -0.05) is 18.2 Å². The molecular weight excluding hydrogens is 402 g/mol. The van der Waals surface area contributed by atoms with Crippen LogP contribution in [-0.2, 0) is 10.0 Å². The Hall–Kier alpha value is -2.58. The molecular formula is C22H29N3O4S. The lowest BCUT2D eigenvalue weighted by molar-refractivity contribution is 0.0953. The van der Waals surface area contributed by atoms with Gasteiger partial charge in [0.25, 0.3) is 5.91 Å². The Morgan fingerprint density at radius 1 is 1.00 bits per heavy atom. The molecule has 30 heavy (non-hydrogen) atoms. The zero-order chi connectivity index (χ0) is 21.4. The molecule has 3 rings (SSSR count). The van der Waals surface area contributed by atoms with Crippen LogP contribution in [0.1, 0.15) is 23.7 Å². The van der Waals surface area contributed by atoms with Crippen LogP contribution in [0.25, 0.3) is 0 Å². The minimum Gasteiger partial charge on any atom is -0.494 e. The monoisotopic (exact) mass is 431 g/mol. The maximum atomic E-state index is 12.6. The molecule has 0 radical (unpaired) electrons. The Balaban J connectivity index is 1.40. The number of para-hydroxylation sites is 1. The van der Waals surface area contributed by atoms with Crippen molar-refractivity contribution < 1.29 is 17.9 Å². The van der Waals surface area contributed by atoms with Gasteiger partial charge in [0.05, 0.1) is 12.4 Å². The molecule has 0 aliphatic carbocycles. The van der Waals surface area contributed by atoms with Gasteiger partial charge in [-0.25, -0.2) is 8.42 Å². The quantitative estimate of drug-likeness (QED) is 0.617. The van der Waals surface area contributed by atoms with Gasteiger partial charge in [0.2, 0.25) is 10.0 Å². The summed E-state index contributed by atoms with van der Waals surface area (Å²) in [5, 5.41) is 2.78. The van der Waals surface area contributed by atoms with Crippen molar-refractivity contribution in [2.75, 3.05) is 50.0 Å². The molecule has 2 aromatic carbocycles. The van der Waals surface area contributed by atoms with Crippen molar-refractivity contribution >= 4 is 21.6 Å². The highest BCUT2D eigenvalue weighted by Gasteiger charge is 2.26. The molecule has 0 spiro atoms. The largest absolute Gasteiger partial charge is 0.494 e. The fraction of sp³-hybridized carbons (Fsp3) is 0.409. The third-order valence-corrected chi connectivity index (χ3v) is 7.00. The van der Waals surface area contributed by atoms with Gasteiger partial charge < -0.3 is 15.0 Å². The zero-order valence-corrected chi connectivity index (χ0v) is 18.1. The number of sulfonamides is 1. The molecule has 0 aromatic heterocycles. The summed E-state index contributed by atoms with van der Waals surface area (Å²) in [6, 6.07) is 16.9. The van der Waals surface area contributed by atoms with E-state index in [-0.39, 0.29) is 11.7 Å². The van der Waals surface area contributed by atoms with Gasteiger partial charge in [-0.2, -0.15) is 4.31 Å². The van der Waals surface area contributed by atoms with Crippen molar-refractivity contribution in [2.24, 2.45) is 0 Å². The smallest absolute Gasteiger partial charge is 0.251 e. The number of hydrogen-bond donors (Lipinski definition) is 1. The van der Waals surface area contributed by atoms with E-state index >= 15 is 0 Å². The number of piperazine rings is 1. The summed E-state index contributed by atoms with van der Waals surface area (Å²) in [6.07, 6.45) is 0.379. The lowest BCUT2D eigenvalue weighted by atomic mass is 10.2. The highest BCUT2D eigenvalue weighted by Crippen LogP contribution is 2.17. The topological polar surface area (TPSA) is 78.9 Å². The Morgan fingerprint density at radius 3 is 2.30 bits per heavy atom. The van der Waals surface area contributed by atoms with Gasteiger partial charge in [0.15, 0.2) is 0 Å². The number of benzene rings is 2. The predicted octanol–water partition coefficient (Wildman–Crippen LogP) is 2.36. The number of ether oxygens (including phenoxy) is 1. The molecule has 1 saturated heterocycles. The Morgan fingerprint density at radius 2 is 1.67 bits per heavy atom. The fourth-order valence-electron chi connectivity index (χ4n) is 3.42. The fourth-order valence-corrected chi connectivity index (χ4v) is 4.91. The van der Waals surface area contributed by atoms with E-state index in [1.54, 1.807) is 28.6 Å². The number of nitrogens with one attached hydrogen (secondary N) is 1. The van der Waals surface area contributed by atoms with E-state index in [4.69, 9.17) is 4.74 Å². The number of amides is 1. The molecule has 2 aromatic rings. The van der Waals surface area contributed by atoms with E-state index in [0.717, 1.165) is 5.69 Å². The van der Waals surface area contributed by atoms with Crippen LogP contribution < -0.4 is 15.0 Å². The van der Waals surface area contributed by atoms with Gasteiger partial charge >= 0.3 is 0 Å². The molecule has 1 heterocycles. The maximum absolute atomic E-state index is 12.6. The zero-order valence-electron chi connectivity index (χ0n) is 17.3. The average molecular weight is 432 g/mol. The highest BCUT2D eigenvalue weighted by atomic mass is 32.2. The first-order valence-electron chi connectivity index (χ1n) is 10.3. The maximum Gasteiger partial charge on any atom is 0.251 e. The van der Waals surface area contributed by atoms with Crippen molar-refractivity contribution in [3.63, 3.8) is 0 Å². The summed E-state index contributed by atoms with van der Waals surface area (Å²) in [5.41, 5.74) is 1.64. The van der Waals surface area contributed by atoms with Gasteiger partial charge in [0, 0.05) is 44.0 Å². The molecule has 0 atom stereocenters. The lowest BCUT2D eigenvalue weighted by Crippen LogP contribution is -2.49. The standard InChI is InChI=1S/C22H29N3O4S/c1-2-29-21-11-9-19(10-12-21)22(26)23-13-6-18-30(27,28)25-16-14-24(15-17-25)20-7-4-3-5-8-20/h3-5,7-12H,2,6,13-18H2,1H3,(H,23,26). The van der Waals surface area contributed by atoms with E-state index in [1.807, 2.05) is 37.3 Å². The van der Waals surface area contributed by atoms with E-state index < -0.39 is 10.0 Å². The first-order valence-corrected chi connectivity index (χ1v) is 11.9. The molecule has 1 aliphatic heterocycles. The minimum atomic E-state index is -3.32. The van der Waals surface area contributed by atoms with Crippen molar-refractivity contribution in [3.8, 4) is 5.75 Å². The Labute approximate surface area is 178 Å². The highest BCUT2D eigenvalue weighted by molar-refractivity contribution is 7.89. The minimum absolute atomic E-state index is 0.0297. The second-order valence-electron chi connectivity index (χ2n) is 7.10. The van der Waals surface area contributed by atoms with Crippen LogP contribution >= 0.6 is 0 Å². The van der Waals surface area contributed by atoms with Crippen LogP contribution in [0.5, 0.6) is 5.75 Å². The van der Waals surface area contributed by atoms with Crippen LogP contribution in [0.15, 0.2) is 54.6 Å². The number of hydrogen-bond acceptors (Lipinski definition) is 5. The van der Waals surface area contributed by atoms with Crippen molar-refractivity contribution in [1.29, 1.82) is 0 Å². The number of rotatable bonds is 9. The number of carbonyl (C=O) groups is 1. The van der Waals surface area contributed by atoms with Crippen molar-refractivity contribution in [1.82, 2.24) is 9.62 Å². The van der Waals surface area contributed by atoms with Crippen LogP contribution in [0.4, 0.5) is 5.69 Å². The second kappa shape index (κ2) is 10.4. The molecule has 1 aliphatic rings. The number of anilines is 1. The Kier molecular flexibility index (Phi) is 7.70. The van der Waals surface area contributed by atoms with Gasteiger partial charge in [0.1, 0.15) is 5.75 Å². The van der Waals surface area contributed by atoms with Gasteiger partial charge in [-0.15, -0.1) is 0 Å². The van der Waals surface area contributed by atoms with Crippen LogP contribution in [0.2, 0.25) is 0 Å². The molecule has 1 amide bonds. The molecule has 8 heteroatoms. The van der Waals surface area contributed by atoms with Crippen molar-refractivity contribution in [3.05, 3.63) is 60.2 Å². The normalized spacial score (nSPS) is 15.0. The predicted molar refractivity (Wildman–Crippen MR) is 119 cm³/mol. The van der Waals surface area contributed by atoms with E-state index in [0.29, 0.717) is 57.1 Å². The van der Waals surface area contributed by atoms with Crippen LogP contribution in [0, 0.1) is 0 Å². The van der Waals surface area contributed by atoms with E-state index in [1.165, 1.54) is 0 Å².